The molecular formula is C17H18BiF2N3O4. The average Bonchev–Trinajstić information content (AvgIpc) is 2.86. The summed E-state index contributed by atoms with van der Waals surface area (Å²) in [5.41, 5.74) is 4.44. The Bertz CT molecular complexity index is 878. The molecule has 3 rings (SSSR count). The van der Waals surface area contributed by atoms with Crippen LogP contribution in [0.3, 0.4) is 0 Å². The Hall–Kier alpha value is -1.93. The molecule has 0 spiro atoms. The number of carbonyl (C=O) groups excluding carboxylic acids is 1. The average molecular weight is 575 g/mol. The van der Waals surface area contributed by atoms with Crippen LogP contribution in [0.25, 0.3) is 0 Å². The van der Waals surface area contributed by atoms with Crippen LogP contribution in [0.15, 0.2) is 47.4 Å². The number of carbonyl (C=O) groups is 1. The second kappa shape index (κ2) is 7.98. The number of halogens is 2. The second-order valence-corrected chi connectivity index (χ2v) is 10.8. The van der Waals surface area contributed by atoms with Gasteiger partial charge in [-0.3, -0.25) is 0 Å². The quantitative estimate of drug-likeness (QED) is 0.536. The monoisotopic (exact) mass is 575 g/mol. The van der Waals surface area contributed by atoms with Crippen molar-refractivity contribution in [3.63, 3.8) is 0 Å². The Morgan fingerprint density at radius 3 is 2.70 bits per heavy atom. The summed E-state index contributed by atoms with van der Waals surface area (Å²) in [6.45, 7) is 1.65. The summed E-state index contributed by atoms with van der Waals surface area (Å²) in [5, 5.41) is 0. The standard InChI is InChI=1S/C11H12F2N3O4.C6H5.Bi.H/c1-2-6-8(19-5-17)11(12,13)9(20-6)16-4-3-7(14)15-10(16)18;1-2-4-6-5-3-1;;/h3-4,6,8-9H,2H2,1H3,(H2,14,15,18);1-5H;;/t6-,8?,9-;;;/m1.../s1. The number of aromatic nitrogens is 2. The SMILES string of the molecule is CC[C@H]1O[C@@H](n2ccc(N)nc2=O)C(F)(F)C1O[C](=O)[BiH][c]1ccccc1. The molecule has 1 aliphatic rings. The van der Waals surface area contributed by atoms with Gasteiger partial charge in [0.05, 0.1) is 0 Å². The molecule has 3 atom stereocenters. The van der Waals surface area contributed by atoms with Crippen LogP contribution in [-0.2, 0) is 9.47 Å². The summed E-state index contributed by atoms with van der Waals surface area (Å²) in [4.78, 5) is 27.6. The number of hydrogen-bond donors (Lipinski definition) is 1. The van der Waals surface area contributed by atoms with Crippen LogP contribution in [0.1, 0.15) is 19.6 Å². The molecule has 2 aromatic rings. The van der Waals surface area contributed by atoms with Crippen LogP contribution < -0.4 is 14.7 Å². The fourth-order valence-corrected chi connectivity index (χ4v) is 5.86. The van der Waals surface area contributed by atoms with E-state index in [1.807, 2.05) is 6.07 Å². The fourth-order valence-electron chi connectivity index (χ4n) is 2.82. The third-order valence-corrected chi connectivity index (χ3v) is 7.78. The Morgan fingerprint density at radius 2 is 2.07 bits per heavy atom. The molecule has 27 heavy (non-hydrogen) atoms. The molecule has 1 fully saturated rings. The zero-order valence-corrected chi connectivity index (χ0v) is 18.2. The van der Waals surface area contributed by atoms with E-state index in [9.17, 15) is 18.4 Å². The van der Waals surface area contributed by atoms with Gasteiger partial charge in [0.25, 0.3) is 0 Å². The van der Waals surface area contributed by atoms with Gasteiger partial charge in [-0.15, -0.1) is 0 Å². The van der Waals surface area contributed by atoms with E-state index in [0.717, 1.165) is 9.47 Å². The number of benzene rings is 1. The Morgan fingerprint density at radius 1 is 1.37 bits per heavy atom. The van der Waals surface area contributed by atoms with Crippen molar-refractivity contribution in [2.45, 2.75) is 37.7 Å². The summed E-state index contributed by atoms with van der Waals surface area (Å²) in [6, 6.07) is 10.2. The first-order chi connectivity index (χ1) is 12.8. The van der Waals surface area contributed by atoms with E-state index in [-0.39, 0.29) is 12.2 Å². The van der Waals surface area contributed by atoms with Crippen molar-refractivity contribution in [2.75, 3.05) is 5.73 Å². The molecule has 1 unspecified atom stereocenters. The molecule has 7 nitrogen and oxygen atoms in total. The van der Waals surface area contributed by atoms with Crippen molar-refractivity contribution in [3.05, 3.63) is 53.1 Å². The third-order valence-electron chi connectivity index (χ3n) is 4.11. The number of alkyl halides is 2. The van der Waals surface area contributed by atoms with Crippen molar-refractivity contribution < 1.29 is 23.0 Å². The summed E-state index contributed by atoms with van der Waals surface area (Å²) >= 11 is -2.10. The van der Waals surface area contributed by atoms with E-state index in [0.29, 0.717) is 4.57 Å². The number of nitrogen functional groups attached to an aromatic ring is 1. The summed E-state index contributed by atoms with van der Waals surface area (Å²) in [5.74, 6) is -3.67. The van der Waals surface area contributed by atoms with E-state index in [1.54, 1.807) is 31.2 Å². The van der Waals surface area contributed by atoms with Gasteiger partial charge in [-0.1, -0.05) is 0 Å². The molecule has 0 amide bonds. The minimum absolute atomic E-state index is 0.0798. The van der Waals surface area contributed by atoms with Crippen LogP contribution in [0.2, 0.25) is 0 Å². The number of ether oxygens (including phenoxy) is 2. The Kier molecular flexibility index (Phi) is 5.86. The van der Waals surface area contributed by atoms with Crippen LogP contribution in [0.4, 0.5) is 19.4 Å². The van der Waals surface area contributed by atoms with E-state index >= 15 is 0 Å². The predicted molar refractivity (Wildman–Crippen MR) is 95.6 cm³/mol. The van der Waals surface area contributed by atoms with Crippen molar-refractivity contribution in [1.29, 1.82) is 0 Å². The number of nitrogens with zero attached hydrogens (tertiary/aromatic N) is 2. The van der Waals surface area contributed by atoms with Gasteiger partial charge in [0, 0.05) is 0 Å². The van der Waals surface area contributed by atoms with Gasteiger partial charge in [-0.25, -0.2) is 0 Å². The molecule has 1 aromatic carbocycles. The van der Waals surface area contributed by atoms with Gasteiger partial charge in [0.1, 0.15) is 0 Å². The van der Waals surface area contributed by atoms with Gasteiger partial charge in [-0.05, 0) is 0 Å². The van der Waals surface area contributed by atoms with Crippen molar-refractivity contribution in [2.24, 2.45) is 0 Å². The fraction of sp³-hybridized carbons (Fsp3) is 0.353. The van der Waals surface area contributed by atoms with Crippen LogP contribution in [-0.4, -0.2) is 54.6 Å². The summed E-state index contributed by atoms with van der Waals surface area (Å²) < 4.78 is 41.4. The Balaban J connectivity index is 1.82. The molecule has 144 valence electrons. The first-order valence-corrected chi connectivity index (χ1v) is 12.1. The van der Waals surface area contributed by atoms with E-state index in [1.165, 1.54) is 6.07 Å². The topological polar surface area (TPSA) is 96.4 Å². The molecule has 0 saturated carbocycles. The van der Waals surface area contributed by atoms with Crippen LogP contribution in [0, 0.1) is 0 Å². The number of hydrogen-bond acceptors (Lipinski definition) is 6. The Labute approximate surface area is 165 Å². The van der Waals surface area contributed by atoms with Crippen molar-refractivity contribution in [3.8, 4) is 0 Å². The first-order valence-electron chi connectivity index (χ1n) is 8.23. The van der Waals surface area contributed by atoms with Crippen LogP contribution in [0.5, 0.6) is 0 Å². The van der Waals surface area contributed by atoms with Gasteiger partial charge in [0.2, 0.25) is 0 Å². The summed E-state index contributed by atoms with van der Waals surface area (Å²) in [6.07, 6.45) is -3.41. The molecule has 2 N–H and O–H groups in total. The van der Waals surface area contributed by atoms with Gasteiger partial charge < -0.3 is 0 Å². The van der Waals surface area contributed by atoms with E-state index < -0.39 is 57.0 Å². The zero-order chi connectivity index (χ0) is 19.6. The van der Waals surface area contributed by atoms with Crippen molar-refractivity contribution in [1.82, 2.24) is 9.55 Å². The van der Waals surface area contributed by atoms with E-state index in [2.05, 4.69) is 4.98 Å². The second-order valence-electron chi connectivity index (χ2n) is 5.97. The maximum absolute atomic E-state index is 15.0. The molecule has 1 saturated heterocycles. The molecule has 0 bridgehead atoms. The van der Waals surface area contributed by atoms with Gasteiger partial charge in [-0.2, -0.15) is 0 Å². The molecule has 1 aliphatic heterocycles. The normalized spacial score (nSPS) is 23.9. The number of rotatable bonds is 5. The van der Waals surface area contributed by atoms with Crippen molar-refractivity contribution >= 4 is 36.0 Å². The number of anilines is 1. The molecule has 1 aromatic heterocycles. The molecule has 2 heterocycles. The van der Waals surface area contributed by atoms with Gasteiger partial charge in [0.15, 0.2) is 0 Å². The molecular weight excluding hydrogens is 557 g/mol. The first kappa shape index (κ1) is 19.8. The third kappa shape index (κ3) is 4.16. The molecule has 10 heteroatoms. The number of nitrogens with two attached hydrogens (primary N) is 1. The van der Waals surface area contributed by atoms with Gasteiger partial charge >= 0.3 is 165 Å². The molecule has 0 aliphatic carbocycles. The molecule has 0 radical (unpaired) electrons. The van der Waals surface area contributed by atoms with E-state index in [4.69, 9.17) is 15.2 Å². The predicted octanol–water partition coefficient (Wildman–Crippen LogP) is 1.04. The van der Waals surface area contributed by atoms with Crippen LogP contribution >= 0.6 is 0 Å². The maximum atomic E-state index is 15.0. The zero-order valence-electron chi connectivity index (χ0n) is 14.3. The minimum atomic E-state index is -3.59. The summed E-state index contributed by atoms with van der Waals surface area (Å²) in [7, 11) is 0.